The van der Waals surface area contributed by atoms with E-state index in [1.165, 1.54) is 23.5 Å². The zero-order valence-corrected chi connectivity index (χ0v) is 19.5. The van der Waals surface area contributed by atoms with E-state index in [-0.39, 0.29) is 12.5 Å². The molecule has 0 atom stereocenters. The van der Waals surface area contributed by atoms with Crippen LogP contribution in [-0.2, 0) is 28.7 Å². The van der Waals surface area contributed by atoms with Gasteiger partial charge in [-0.15, -0.1) is 11.3 Å². The molecule has 178 valence electrons. The average Bonchev–Trinajstić information content (AvgIpc) is 3.36. The quantitative estimate of drug-likeness (QED) is 0.274. The number of thiazole rings is 1. The van der Waals surface area contributed by atoms with Gasteiger partial charge in [0.05, 0.1) is 24.5 Å². The van der Waals surface area contributed by atoms with Crippen LogP contribution in [0.1, 0.15) is 23.1 Å². The molecule has 0 saturated heterocycles. The molecule has 4 aromatic rings. The molecule has 0 radical (unpaired) electrons. The lowest BCUT2D eigenvalue weighted by Crippen LogP contribution is -2.12. The zero-order chi connectivity index (χ0) is 24.3. The average molecular weight is 489 g/mol. The summed E-state index contributed by atoms with van der Waals surface area (Å²) in [4.78, 5) is 17.3. The molecule has 0 N–H and O–H groups in total. The third-order valence-electron chi connectivity index (χ3n) is 5.30. The van der Waals surface area contributed by atoms with Crippen molar-refractivity contribution >= 4 is 28.2 Å². The number of ether oxygens (including phenoxy) is 2. The second-order valence-corrected chi connectivity index (χ2v) is 8.75. The maximum Gasteiger partial charge on any atom is 0.416 e. The van der Waals surface area contributed by atoms with Crippen LogP contribution in [0.25, 0.3) is 21.5 Å². The van der Waals surface area contributed by atoms with Crippen LogP contribution in [0.5, 0.6) is 5.75 Å². The molecule has 0 fully saturated rings. The monoisotopic (exact) mass is 488 g/mol. The van der Waals surface area contributed by atoms with Gasteiger partial charge in [-0.3, -0.25) is 4.79 Å². The molecule has 34 heavy (non-hydrogen) atoms. The number of esters is 1. The SMILES string of the molecule is CCOC(=O)Cn1ccc2cc(OCCc3sc(-c4ccc(C(F)(F)F)cc4)nc3C)ccc21. The fourth-order valence-corrected chi connectivity index (χ4v) is 4.65. The number of carbonyl (C=O) groups is 1. The Morgan fingerprint density at radius 1 is 1.12 bits per heavy atom. The van der Waals surface area contributed by atoms with Gasteiger partial charge in [0, 0.05) is 34.0 Å². The van der Waals surface area contributed by atoms with Gasteiger partial charge >= 0.3 is 12.1 Å². The van der Waals surface area contributed by atoms with Gasteiger partial charge in [-0.05, 0) is 50.2 Å². The lowest BCUT2D eigenvalue weighted by Gasteiger charge is -2.08. The number of hydrogen-bond donors (Lipinski definition) is 0. The van der Waals surface area contributed by atoms with E-state index in [0.717, 1.165) is 33.6 Å². The third-order valence-corrected chi connectivity index (χ3v) is 6.56. The van der Waals surface area contributed by atoms with Crippen molar-refractivity contribution in [2.45, 2.75) is 33.0 Å². The van der Waals surface area contributed by atoms with E-state index in [1.807, 2.05) is 42.0 Å². The lowest BCUT2D eigenvalue weighted by atomic mass is 10.1. The van der Waals surface area contributed by atoms with Crippen LogP contribution in [0.3, 0.4) is 0 Å². The van der Waals surface area contributed by atoms with Gasteiger partial charge in [0.1, 0.15) is 17.3 Å². The molecule has 9 heteroatoms. The summed E-state index contributed by atoms with van der Waals surface area (Å²) in [6.45, 7) is 4.60. The number of aryl methyl sites for hydroxylation is 1. The molecule has 0 aliphatic rings. The van der Waals surface area contributed by atoms with Crippen LogP contribution in [0.15, 0.2) is 54.7 Å². The number of nitrogens with zero attached hydrogens (tertiary/aromatic N) is 2. The summed E-state index contributed by atoms with van der Waals surface area (Å²) in [5.74, 6) is 0.433. The first-order valence-electron chi connectivity index (χ1n) is 10.8. The molecule has 0 spiro atoms. The number of halogens is 3. The highest BCUT2D eigenvalue weighted by atomic mass is 32.1. The molecule has 4 rings (SSSR count). The molecule has 5 nitrogen and oxygen atoms in total. The predicted octanol–water partition coefficient (Wildman–Crippen LogP) is 6.28. The number of benzene rings is 2. The second-order valence-electron chi connectivity index (χ2n) is 7.67. The minimum absolute atomic E-state index is 0.156. The first kappa shape index (κ1) is 23.8. The van der Waals surface area contributed by atoms with Crippen molar-refractivity contribution in [2.24, 2.45) is 0 Å². The molecule has 0 bridgehead atoms. The molecule has 2 aromatic carbocycles. The summed E-state index contributed by atoms with van der Waals surface area (Å²) in [7, 11) is 0. The van der Waals surface area contributed by atoms with E-state index in [0.29, 0.717) is 36.0 Å². The van der Waals surface area contributed by atoms with Crippen molar-refractivity contribution in [3.05, 3.63) is 70.9 Å². The molecule has 2 heterocycles. The number of rotatable bonds is 8. The summed E-state index contributed by atoms with van der Waals surface area (Å²) in [5, 5.41) is 1.64. The van der Waals surface area contributed by atoms with Crippen molar-refractivity contribution < 1.29 is 27.4 Å². The minimum atomic E-state index is -4.35. The zero-order valence-electron chi connectivity index (χ0n) is 18.7. The van der Waals surface area contributed by atoms with Gasteiger partial charge in [-0.25, -0.2) is 4.98 Å². The van der Waals surface area contributed by atoms with Crippen molar-refractivity contribution in [3.8, 4) is 16.3 Å². The van der Waals surface area contributed by atoms with Crippen LogP contribution in [0.2, 0.25) is 0 Å². The molecular weight excluding hydrogens is 465 g/mol. The third kappa shape index (κ3) is 5.41. The summed E-state index contributed by atoms with van der Waals surface area (Å²) < 4.78 is 51.1. The number of fused-ring (bicyclic) bond motifs is 1. The number of alkyl halides is 3. The van der Waals surface area contributed by atoms with E-state index in [1.54, 1.807) is 6.92 Å². The fourth-order valence-electron chi connectivity index (χ4n) is 3.60. The van der Waals surface area contributed by atoms with E-state index in [4.69, 9.17) is 9.47 Å². The summed E-state index contributed by atoms with van der Waals surface area (Å²) >= 11 is 1.46. The smallest absolute Gasteiger partial charge is 0.416 e. The van der Waals surface area contributed by atoms with Crippen molar-refractivity contribution in [1.82, 2.24) is 9.55 Å². The number of carbonyl (C=O) groups excluding carboxylic acids is 1. The molecule has 0 unspecified atom stereocenters. The first-order valence-corrected chi connectivity index (χ1v) is 11.6. The molecular formula is C25H23F3N2O3S. The van der Waals surface area contributed by atoms with E-state index >= 15 is 0 Å². The normalized spacial score (nSPS) is 11.7. The Hall–Kier alpha value is -3.33. The highest BCUT2D eigenvalue weighted by Gasteiger charge is 2.30. The van der Waals surface area contributed by atoms with E-state index < -0.39 is 11.7 Å². The topological polar surface area (TPSA) is 53.4 Å². The lowest BCUT2D eigenvalue weighted by molar-refractivity contribution is -0.143. The molecule has 0 aliphatic carbocycles. The van der Waals surface area contributed by atoms with Crippen LogP contribution in [0.4, 0.5) is 13.2 Å². The Bertz CT molecular complexity index is 1290. The molecule has 0 saturated carbocycles. The molecule has 0 amide bonds. The highest BCUT2D eigenvalue weighted by molar-refractivity contribution is 7.15. The molecule has 0 aliphatic heterocycles. The van der Waals surface area contributed by atoms with Crippen LogP contribution in [0, 0.1) is 6.92 Å². The molecule has 2 aromatic heterocycles. The Labute approximate surface area is 198 Å². The number of aromatic nitrogens is 2. The predicted molar refractivity (Wildman–Crippen MR) is 125 cm³/mol. The van der Waals surface area contributed by atoms with Crippen LogP contribution >= 0.6 is 11.3 Å². The standard InChI is InChI=1S/C25H23F3N2O3S/c1-3-32-23(31)15-30-12-10-18-14-20(8-9-21(18)30)33-13-11-22-16(2)29-24(34-22)17-4-6-19(7-5-17)25(26,27)28/h4-10,12,14H,3,11,13,15H2,1-2H3. The first-order chi connectivity index (χ1) is 16.2. The Kier molecular flexibility index (Phi) is 6.92. The number of hydrogen-bond acceptors (Lipinski definition) is 5. The van der Waals surface area contributed by atoms with Gasteiger partial charge in [0.25, 0.3) is 0 Å². The Balaban J connectivity index is 1.38. The summed E-state index contributed by atoms with van der Waals surface area (Å²) in [6, 6.07) is 12.7. The van der Waals surface area contributed by atoms with Gasteiger partial charge < -0.3 is 14.0 Å². The van der Waals surface area contributed by atoms with Gasteiger partial charge in [0.2, 0.25) is 0 Å². The summed E-state index contributed by atoms with van der Waals surface area (Å²) in [6.07, 6.45) is -1.88. The summed E-state index contributed by atoms with van der Waals surface area (Å²) in [5.41, 5.74) is 1.74. The fraction of sp³-hybridized carbons (Fsp3) is 0.280. The Morgan fingerprint density at radius 3 is 2.59 bits per heavy atom. The van der Waals surface area contributed by atoms with Gasteiger partial charge in [-0.1, -0.05) is 12.1 Å². The van der Waals surface area contributed by atoms with Crippen LogP contribution < -0.4 is 4.74 Å². The highest BCUT2D eigenvalue weighted by Crippen LogP contribution is 2.33. The van der Waals surface area contributed by atoms with Gasteiger partial charge in [0.15, 0.2) is 0 Å². The van der Waals surface area contributed by atoms with Crippen LogP contribution in [-0.4, -0.2) is 28.7 Å². The van der Waals surface area contributed by atoms with Crippen molar-refractivity contribution in [3.63, 3.8) is 0 Å². The van der Waals surface area contributed by atoms with E-state index in [9.17, 15) is 18.0 Å². The van der Waals surface area contributed by atoms with Gasteiger partial charge in [-0.2, -0.15) is 13.2 Å². The second kappa shape index (κ2) is 9.89. The largest absolute Gasteiger partial charge is 0.493 e. The van der Waals surface area contributed by atoms with E-state index in [2.05, 4.69) is 4.98 Å². The maximum atomic E-state index is 12.8. The maximum absolute atomic E-state index is 12.8. The van der Waals surface area contributed by atoms with Crippen molar-refractivity contribution in [1.29, 1.82) is 0 Å². The minimum Gasteiger partial charge on any atom is -0.493 e. The Morgan fingerprint density at radius 2 is 1.88 bits per heavy atom. The van der Waals surface area contributed by atoms with Crippen molar-refractivity contribution in [2.75, 3.05) is 13.2 Å².